The van der Waals surface area contributed by atoms with Crippen molar-refractivity contribution in [3.63, 3.8) is 0 Å². The van der Waals surface area contributed by atoms with E-state index in [-0.39, 0.29) is 0 Å². The fourth-order valence-electron chi connectivity index (χ4n) is 1.32. The average molecular weight is 204 g/mol. The molecule has 15 heavy (non-hydrogen) atoms. The molecule has 0 saturated heterocycles. The van der Waals surface area contributed by atoms with Crippen molar-refractivity contribution >= 4 is 0 Å². The van der Waals surface area contributed by atoms with Crippen molar-refractivity contribution in [2.75, 3.05) is 14.2 Å². The van der Waals surface area contributed by atoms with Gasteiger partial charge in [-0.05, 0) is 12.1 Å². The minimum Gasteiger partial charge on any atom is -0.497 e. The van der Waals surface area contributed by atoms with Gasteiger partial charge in [0.25, 0.3) is 0 Å². The summed E-state index contributed by atoms with van der Waals surface area (Å²) in [6.07, 6.45) is 3.52. The molecule has 0 fully saturated rings. The Balaban J connectivity index is 2.35. The number of benzene rings is 1. The molecule has 0 aliphatic rings. The van der Waals surface area contributed by atoms with E-state index in [1.807, 2.05) is 35.0 Å². The van der Waals surface area contributed by atoms with Crippen molar-refractivity contribution in [1.82, 2.24) is 9.55 Å². The van der Waals surface area contributed by atoms with Crippen LogP contribution in [0.1, 0.15) is 0 Å². The van der Waals surface area contributed by atoms with Gasteiger partial charge in [0.2, 0.25) is 5.88 Å². The second kappa shape index (κ2) is 4.04. The summed E-state index contributed by atoms with van der Waals surface area (Å²) in [5.74, 6) is 1.41. The summed E-state index contributed by atoms with van der Waals surface area (Å²) in [4.78, 5) is 4.07. The molecule has 1 aromatic heterocycles. The molecule has 0 spiro atoms. The summed E-state index contributed by atoms with van der Waals surface area (Å²) >= 11 is 0. The highest BCUT2D eigenvalue weighted by molar-refractivity contribution is 5.39. The van der Waals surface area contributed by atoms with Gasteiger partial charge < -0.3 is 14.0 Å². The molecule has 4 heteroatoms. The second-order valence-electron chi connectivity index (χ2n) is 3.02. The van der Waals surface area contributed by atoms with E-state index in [1.165, 1.54) is 0 Å². The Morgan fingerprint density at radius 2 is 2.07 bits per heavy atom. The van der Waals surface area contributed by atoms with Gasteiger partial charge >= 0.3 is 0 Å². The first-order valence-corrected chi connectivity index (χ1v) is 4.56. The number of nitrogens with zero attached hydrogens (tertiary/aromatic N) is 2. The Labute approximate surface area is 88.1 Å². The molecule has 2 rings (SSSR count). The van der Waals surface area contributed by atoms with Crippen LogP contribution in [0.2, 0.25) is 0 Å². The van der Waals surface area contributed by atoms with Gasteiger partial charge in [-0.3, -0.25) is 0 Å². The number of imidazole rings is 1. The van der Waals surface area contributed by atoms with E-state index in [0.29, 0.717) is 5.88 Å². The molecule has 0 aliphatic carbocycles. The maximum absolute atomic E-state index is 5.14. The SMILES string of the molecule is COc1cccc(-n2cnc(OC)c2)c1. The maximum Gasteiger partial charge on any atom is 0.231 e. The van der Waals surface area contributed by atoms with Gasteiger partial charge in [0.15, 0.2) is 0 Å². The lowest BCUT2D eigenvalue weighted by Crippen LogP contribution is -1.91. The smallest absolute Gasteiger partial charge is 0.231 e. The molecule has 1 heterocycles. The maximum atomic E-state index is 5.14. The minimum absolute atomic E-state index is 0.595. The van der Waals surface area contributed by atoms with Crippen molar-refractivity contribution in [3.8, 4) is 17.3 Å². The van der Waals surface area contributed by atoms with Gasteiger partial charge in [0, 0.05) is 6.07 Å². The molecule has 2 aromatic rings. The van der Waals surface area contributed by atoms with Crippen LogP contribution in [0, 0.1) is 0 Å². The van der Waals surface area contributed by atoms with Crippen LogP contribution < -0.4 is 9.47 Å². The predicted molar refractivity (Wildman–Crippen MR) is 56.7 cm³/mol. The van der Waals surface area contributed by atoms with Crippen LogP contribution >= 0.6 is 0 Å². The molecule has 0 amide bonds. The van der Waals surface area contributed by atoms with Crippen molar-refractivity contribution in [3.05, 3.63) is 36.8 Å². The van der Waals surface area contributed by atoms with Crippen molar-refractivity contribution in [2.45, 2.75) is 0 Å². The quantitative estimate of drug-likeness (QED) is 0.766. The predicted octanol–water partition coefficient (Wildman–Crippen LogP) is 1.89. The fraction of sp³-hybridized carbons (Fsp3) is 0.182. The molecule has 1 aromatic carbocycles. The first-order valence-electron chi connectivity index (χ1n) is 4.56. The Morgan fingerprint density at radius 3 is 2.73 bits per heavy atom. The third-order valence-corrected chi connectivity index (χ3v) is 2.12. The van der Waals surface area contributed by atoms with E-state index in [9.17, 15) is 0 Å². The molecule has 0 radical (unpaired) electrons. The largest absolute Gasteiger partial charge is 0.497 e. The van der Waals surface area contributed by atoms with E-state index in [2.05, 4.69) is 4.98 Å². The van der Waals surface area contributed by atoms with Crippen LogP contribution in [0.4, 0.5) is 0 Å². The van der Waals surface area contributed by atoms with Gasteiger partial charge in [0.1, 0.15) is 12.1 Å². The molecule has 0 saturated carbocycles. The number of hydrogen-bond donors (Lipinski definition) is 0. The van der Waals surface area contributed by atoms with Crippen molar-refractivity contribution in [2.24, 2.45) is 0 Å². The van der Waals surface area contributed by atoms with Crippen LogP contribution in [0.25, 0.3) is 5.69 Å². The molecule has 0 atom stereocenters. The molecule has 0 unspecified atom stereocenters. The topological polar surface area (TPSA) is 36.3 Å². The summed E-state index contributed by atoms with van der Waals surface area (Å²) in [6.45, 7) is 0. The zero-order valence-electron chi connectivity index (χ0n) is 8.68. The van der Waals surface area contributed by atoms with Crippen LogP contribution in [0.15, 0.2) is 36.8 Å². The highest BCUT2D eigenvalue weighted by Gasteiger charge is 2.01. The Kier molecular flexibility index (Phi) is 2.58. The highest BCUT2D eigenvalue weighted by Crippen LogP contribution is 2.17. The first kappa shape index (κ1) is 9.58. The summed E-state index contributed by atoms with van der Waals surface area (Å²) in [6, 6.07) is 7.74. The third kappa shape index (κ3) is 1.93. The summed E-state index contributed by atoms with van der Waals surface area (Å²) in [5, 5.41) is 0. The summed E-state index contributed by atoms with van der Waals surface area (Å²) < 4.78 is 12.0. The molecule has 78 valence electrons. The summed E-state index contributed by atoms with van der Waals surface area (Å²) in [5.41, 5.74) is 0.991. The fourth-order valence-corrected chi connectivity index (χ4v) is 1.32. The van der Waals surface area contributed by atoms with E-state index in [1.54, 1.807) is 20.5 Å². The van der Waals surface area contributed by atoms with Crippen LogP contribution in [-0.4, -0.2) is 23.8 Å². The average Bonchev–Trinajstić information content (AvgIpc) is 2.78. The molecule has 4 nitrogen and oxygen atoms in total. The second-order valence-corrected chi connectivity index (χ2v) is 3.02. The van der Waals surface area contributed by atoms with Crippen molar-refractivity contribution < 1.29 is 9.47 Å². The molecular weight excluding hydrogens is 192 g/mol. The van der Waals surface area contributed by atoms with E-state index in [4.69, 9.17) is 9.47 Å². The lowest BCUT2D eigenvalue weighted by atomic mass is 10.3. The van der Waals surface area contributed by atoms with Crippen LogP contribution in [0.3, 0.4) is 0 Å². The first-order chi connectivity index (χ1) is 7.33. The third-order valence-electron chi connectivity index (χ3n) is 2.12. The number of methoxy groups -OCH3 is 2. The highest BCUT2D eigenvalue weighted by atomic mass is 16.5. The van der Waals surface area contributed by atoms with E-state index in [0.717, 1.165) is 11.4 Å². The van der Waals surface area contributed by atoms with Gasteiger partial charge in [-0.1, -0.05) is 6.07 Å². The minimum atomic E-state index is 0.595. The number of ether oxygens (including phenoxy) is 2. The number of aromatic nitrogens is 2. The molecule has 0 N–H and O–H groups in total. The lowest BCUT2D eigenvalue weighted by Gasteiger charge is -2.04. The molecule has 0 aliphatic heterocycles. The lowest BCUT2D eigenvalue weighted by molar-refractivity contribution is 0.400. The van der Waals surface area contributed by atoms with Gasteiger partial charge in [-0.2, -0.15) is 0 Å². The monoisotopic (exact) mass is 204 g/mol. The Hall–Kier alpha value is -1.97. The van der Waals surface area contributed by atoms with E-state index < -0.39 is 0 Å². The van der Waals surface area contributed by atoms with Gasteiger partial charge in [-0.15, -0.1) is 0 Å². The standard InChI is InChI=1S/C11H12N2O2/c1-14-10-5-3-4-9(6-10)13-7-11(15-2)12-8-13/h3-8H,1-2H3. The number of hydrogen-bond acceptors (Lipinski definition) is 3. The Morgan fingerprint density at radius 1 is 1.20 bits per heavy atom. The van der Waals surface area contributed by atoms with Crippen LogP contribution in [0.5, 0.6) is 11.6 Å². The van der Waals surface area contributed by atoms with Gasteiger partial charge in [-0.25, -0.2) is 4.98 Å². The Bertz CT molecular complexity index is 451. The number of rotatable bonds is 3. The summed E-state index contributed by atoms with van der Waals surface area (Å²) in [7, 11) is 3.24. The molecular formula is C11H12N2O2. The normalized spacial score (nSPS) is 10.0. The van der Waals surface area contributed by atoms with E-state index >= 15 is 0 Å². The zero-order chi connectivity index (χ0) is 10.7. The zero-order valence-corrected chi connectivity index (χ0v) is 8.68. The van der Waals surface area contributed by atoms with Crippen LogP contribution in [-0.2, 0) is 0 Å². The van der Waals surface area contributed by atoms with Gasteiger partial charge in [0.05, 0.1) is 26.1 Å². The molecule has 0 bridgehead atoms. The van der Waals surface area contributed by atoms with Crippen molar-refractivity contribution in [1.29, 1.82) is 0 Å².